The van der Waals surface area contributed by atoms with E-state index in [-0.39, 0.29) is 12.3 Å². The largest absolute Gasteiger partial charge is 0.481 e. The normalized spacial score (nSPS) is 18.8. The Kier molecular flexibility index (Phi) is 3.16. The third-order valence-electron chi connectivity index (χ3n) is 3.48. The van der Waals surface area contributed by atoms with Gasteiger partial charge in [-0.15, -0.1) is 0 Å². The number of aryl methyl sites for hydroxylation is 1. The van der Waals surface area contributed by atoms with Crippen molar-refractivity contribution in [2.24, 2.45) is 7.05 Å². The predicted molar refractivity (Wildman–Crippen MR) is 72.7 cm³/mol. The summed E-state index contributed by atoms with van der Waals surface area (Å²) in [5, 5.41) is 16.5. The Morgan fingerprint density at radius 1 is 1.52 bits per heavy atom. The second kappa shape index (κ2) is 5.00. The fourth-order valence-corrected chi connectivity index (χ4v) is 2.52. The fourth-order valence-electron chi connectivity index (χ4n) is 2.52. The summed E-state index contributed by atoms with van der Waals surface area (Å²) in [6.07, 6.45) is 2.73. The smallest absolute Gasteiger partial charge is 0.305 e. The zero-order valence-corrected chi connectivity index (χ0v) is 11.4. The van der Waals surface area contributed by atoms with Crippen molar-refractivity contribution in [3.63, 3.8) is 0 Å². The van der Waals surface area contributed by atoms with Crippen LogP contribution in [0.3, 0.4) is 0 Å². The average molecular weight is 290 g/mol. The Hall–Kier alpha value is -2.71. The van der Waals surface area contributed by atoms with E-state index in [0.717, 1.165) is 0 Å². The third-order valence-corrected chi connectivity index (χ3v) is 3.48. The molecule has 0 radical (unpaired) electrons. The zero-order chi connectivity index (χ0) is 15.0. The maximum Gasteiger partial charge on any atom is 0.305 e. The van der Waals surface area contributed by atoms with Crippen molar-refractivity contribution in [1.82, 2.24) is 25.1 Å². The maximum absolute atomic E-state index is 12.0. The molecule has 1 aliphatic rings. The molecular formula is C12H14N6O3. The molecule has 0 bridgehead atoms. The molecule has 9 heteroatoms. The molecule has 9 nitrogen and oxygen atoms in total. The highest BCUT2D eigenvalue weighted by Gasteiger charge is 2.33. The van der Waals surface area contributed by atoms with Crippen LogP contribution in [-0.2, 0) is 16.6 Å². The second-order valence-corrected chi connectivity index (χ2v) is 4.80. The minimum absolute atomic E-state index is 0.280. The minimum Gasteiger partial charge on any atom is -0.481 e. The number of rotatable bonds is 3. The number of fused-ring (bicyclic) bond motifs is 1. The number of anilines is 1. The van der Waals surface area contributed by atoms with Crippen LogP contribution in [0.25, 0.3) is 11.0 Å². The first-order valence-corrected chi connectivity index (χ1v) is 6.47. The van der Waals surface area contributed by atoms with E-state index >= 15 is 0 Å². The van der Waals surface area contributed by atoms with Gasteiger partial charge in [0.25, 0.3) is 0 Å². The van der Waals surface area contributed by atoms with Crippen LogP contribution in [0.4, 0.5) is 5.82 Å². The van der Waals surface area contributed by atoms with Gasteiger partial charge in [0.2, 0.25) is 5.91 Å². The number of piperazine rings is 1. The number of carbonyl (C=O) groups excluding carboxylic acids is 1. The van der Waals surface area contributed by atoms with E-state index in [4.69, 9.17) is 5.11 Å². The molecule has 1 fully saturated rings. The number of carboxylic acid groups (broad SMARTS) is 1. The molecule has 2 aromatic heterocycles. The molecule has 21 heavy (non-hydrogen) atoms. The van der Waals surface area contributed by atoms with E-state index in [1.807, 2.05) is 0 Å². The van der Waals surface area contributed by atoms with Gasteiger partial charge in [-0.1, -0.05) is 0 Å². The van der Waals surface area contributed by atoms with E-state index in [1.165, 1.54) is 6.33 Å². The van der Waals surface area contributed by atoms with Crippen molar-refractivity contribution >= 4 is 28.7 Å². The van der Waals surface area contributed by atoms with Crippen LogP contribution in [0.5, 0.6) is 0 Å². The zero-order valence-electron chi connectivity index (χ0n) is 11.4. The van der Waals surface area contributed by atoms with Crippen LogP contribution in [0.15, 0.2) is 12.5 Å². The number of amides is 1. The highest BCUT2D eigenvalue weighted by atomic mass is 16.4. The minimum atomic E-state index is -1.03. The summed E-state index contributed by atoms with van der Waals surface area (Å²) in [6.45, 7) is 0.936. The van der Waals surface area contributed by atoms with Gasteiger partial charge in [0, 0.05) is 20.1 Å². The Bertz CT molecular complexity index is 712. The number of nitrogens with zero attached hydrogens (tertiary/aromatic N) is 5. The molecular weight excluding hydrogens is 276 g/mol. The lowest BCUT2D eigenvalue weighted by Crippen LogP contribution is -2.56. The van der Waals surface area contributed by atoms with Crippen molar-refractivity contribution in [3.05, 3.63) is 12.5 Å². The lowest BCUT2D eigenvalue weighted by atomic mass is 10.1. The molecule has 2 aromatic rings. The van der Waals surface area contributed by atoms with Gasteiger partial charge in [0.15, 0.2) is 5.65 Å². The first kappa shape index (κ1) is 13.3. The van der Waals surface area contributed by atoms with Gasteiger partial charge in [-0.2, -0.15) is 5.10 Å². The van der Waals surface area contributed by atoms with Gasteiger partial charge >= 0.3 is 5.97 Å². The van der Waals surface area contributed by atoms with Crippen molar-refractivity contribution in [1.29, 1.82) is 0 Å². The molecule has 1 atom stereocenters. The molecule has 1 amide bonds. The molecule has 1 aliphatic heterocycles. The highest BCUT2D eigenvalue weighted by Crippen LogP contribution is 2.25. The lowest BCUT2D eigenvalue weighted by molar-refractivity contribution is -0.139. The number of carboxylic acids is 1. The number of hydrogen-bond donors (Lipinski definition) is 2. The van der Waals surface area contributed by atoms with Crippen LogP contribution in [-0.4, -0.2) is 55.9 Å². The molecule has 3 rings (SSSR count). The summed E-state index contributed by atoms with van der Waals surface area (Å²) in [5.41, 5.74) is 0.639. The molecule has 110 valence electrons. The molecule has 0 aromatic carbocycles. The lowest BCUT2D eigenvalue weighted by Gasteiger charge is -2.35. The van der Waals surface area contributed by atoms with E-state index in [1.54, 1.807) is 22.8 Å². The first-order valence-electron chi connectivity index (χ1n) is 6.47. The topological polar surface area (TPSA) is 113 Å². The van der Waals surface area contributed by atoms with Crippen LogP contribution in [0, 0.1) is 0 Å². The summed E-state index contributed by atoms with van der Waals surface area (Å²) in [4.78, 5) is 33.1. The second-order valence-electron chi connectivity index (χ2n) is 4.80. The number of aromatic nitrogens is 4. The standard InChI is InChI=1S/C12H14N6O3/c1-17-10-7(5-16-17)11(15-6-14-10)18-3-2-13-12(21)8(18)4-9(19)20/h5-6,8H,2-4H2,1H3,(H,13,21)(H,19,20). The van der Waals surface area contributed by atoms with Gasteiger partial charge in [-0.3, -0.25) is 14.3 Å². The highest BCUT2D eigenvalue weighted by molar-refractivity contribution is 5.94. The van der Waals surface area contributed by atoms with Crippen LogP contribution in [0.2, 0.25) is 0 Å². The van der Waals surface area contributed by atoms with Gasteiger partial charge in [-0.25, -0.2) is 9.97 Å². The number of nitrogens with one attached hydrogen (secondary N) is 1. The number of aliphatic carboxylic acids is 1. The van der Waals surface area contributed by atoms with Crippen LogP contribution in [0.1, 0.15) is 6.42 Å². The Balaban J connectivity index is 2.06. The predicted octanol–water partition coefficient (Wildman–Crippen LogP) is -0.857. The molecule has 0 spiro atoms. The molecule has 2 N–H and O–H groups in total. The molecule has 1 saturated heterocycles. The van der Waals surface area contributed by atoms with E-state index in [0.29, 0.717) is 29.9 Å². The molecule has 3 heterocycles. The summed E-state index contributed by atoms with van der Waals surface area (Å²) >= 11 is 0. The first-order chi connectivity index (χ1) is 10.1. The number of hydrogen-bond acceptors (Lipinski definition) is 6. The van der Waals surface area contributed by atoms with Gasteiger partial charge in [0.05, 0.1) is 18.0 Å². The Morgan fingerprint density at radius 2 is 2.33 bits per heavy atom. The summed E-state index contributed by atoms with van der Waals surface area (Å²) in [5.74, 6) is -0.799. The maximum atomic E-state index is 12.0. The summed E-state index contributed by atoms with van der Waals surface area (Å²) in [7, 11) is 1.76. The van der Waals surface area contributed by atoms with E-state index in [9.17, 15) is 9.59 Å². The monoisotopic (exact) mass is 290 g/mol. The number of carbonyl (C=O) groups is 2. The third kappa shape index (κ3) is 2.26. The fraction of sp³-hybridized carbons (Fsp3) is 0.417. The Morgan fingerprint density at radius 3 is 3.10 bits per heavy atom. The van der Waals surface area contributed by atoms with Gasteiger partial charge in [0.1, 0.15) is 18.2 Å². The quantitative estimate of drug-likeness (QED) is 0.756. The van der Waals surface area contributed by atoms with Crippen LogP contribution >= 0.6 is 0 Å². The summed E-state index contributed by atoms with van der Waals surface area (Å²) < 4.78 is 1.61. The molecule has 1 unspecified atom stereocenters. The molecule has 0 saturated carbocycles. The van der Waals surface area contributed by atoms with E-state index in [2.05, 4.69) is 20.4 Å². The van der Waals surface area contributed by atoms with E-state index < -0.39 is 12.0 Å². The SMILES string of the molecule is Cn1ncc2c(N3CCNC(=O)C3CC(=O)O)ncnc21. The van der Waals surface area contributed by atoms with Crippen molar-refractivity contribution in [2.75, 3.05) is 18.0 Å². The van der Waals surface area contributed by atoms with Gasteiger partial charge in [-0.05, 0) is 0 Å². The van der Waals surface area contributed by atoms with Crippen molar-refractivity contribution in [3.8, 4) is 0 Å². The molecule has 0 aliphatic carbocycles. The summed E-state index contributed by atoms with van der Waals surface area (Å²) in [6, 6.07) is -0.783. The van der Waals surface area contributed by atoms with Crippen LogP contribution < -0.4 is 10.2 Å². The van der Waals surface area contributed by atoms with Crippen molar-refractivity contribution in [2.45, 2.75) is 12.5 Å². The van der Waals surface area contributed by atoms with Gasteiger partial charge < -0.3 is 15.3 Å². The average Bonchev–Trinajstić information content (AvgIpc) is 2.83. The Labute approximate surface area is 119 Å². The van der Waals surface area contributed by atoms with Crippen molar-refractivity contribution < 1.29 is 14.7 Å².